The van der Waals surface area contributed by atoms with E-state index in [9.17, 15) is 45.6 Å². The number of Topliss-reactive ketones (excluding diaryl/α,β-unsaturated/α-hetero) is 1. The van der Waals surface area contributed by atoms with Crippen molar-refractivity contribution < 1.29 is 74.1 Å². The van der Waals surface area contributed by atoms with Crippen LogP contribution in [-0.2, 0) is 14.2 Å². The maximum atomic E-state index is 13.0. The van der Waals surface area contributed by atoms with E-state index in [-0.39, 0.29) is 40.1 Å². The lowest BCUT2D eigenvalue weighted by atomic mass is 9.97. The number of ketones is 1. The van der Waals surface area contributed by atoms with Crippen molar-refractivity contribution >= 4 is 11.9 Å². The van der Waals surface area contributed by atoms with Gasteiger partial charge in [-0.05, 0) is 42.8 Å². The number of hydrogen-bond donors (Lipinski definition) is 8. The number of hydrogen-bond acceptors (Lipinski definition) is 15. The zero-order chi connectivity index (χ0) is 31.2. The molecule has 2 aromatic rings. The fourth-order valence-corrected chi connectivity index (χ4v) is 5.03. The Balaban J connectivity index is 1.31. The number of rotatable bonds is 7. The third kappa shape index (κ3) is 5.74. The van der Waals surface area contributed by atoms with Crippen LogP contribution in [-0.4, -0.2) is 122 Å². The van der Waals surface area contributed by atoms with E-state index in [0.717, 1.165) is 0 Å². The van der Waals surface area contributed by atoms with Crippen LogP contribution in [0.5, 0.6) is 28.7 Å². The standard InChI is InChI=1S/C28H32O15/c1-10-24(43-28-22(36)20(34)19(33)17(9-29)42-28)21(35)23(37)27(39-10)41-15-6-4-12-18(32)16(40-25(12)26(15)38-2)8-11-3-5-13(30)14(31)7-11/h3-8,10,17,19-24,27-31,33-37H,9H2,1-2H3/b16-8-/t10-,17-,19+,20+,21+,22-,23-,24-,27-,28-/m0/s1. The zero-order valence-corrected chi connectivity index (χ0v) is 22.9. The number of aliphatic hydroxyl groups excluding tert-OH is 6. The third-order valence-corrected chi connectivity index (χ3v) is 7.42. The minimum Gasteiger partial charge on any atom is -0.504 e. The highest BCUT2D eigenvalue weighted by molar-refractivity contribution is 6.15. The Labute approximate surface area is 244 Å². The molecule has 3 aliphatic heterocycles. The van der Waals surface area contributed by atoms with Crippen molar-refractivity contribution in [2.45, 2.75) is 68.3 Å². The second-order valence-electron chi connectivity index (χ2n) is 10.3. The van der Waals surface area contributed by atoms with Crippen LogP contribution in [0.2, 0.25) is 0 Å². The highest BCUT2D eigenvalue weighted by atomic mass is 16.7. The SMILES string of the molecule is COc1c(O[C@@H]2O[C@@H](C)[C@H](O[C@@H]3O[C@@H](CO)[C@@H](O)[C@@H](O)[C@@H]3O)[C@H](O)[C@@H]2O)ccc2c1O/C(=C\c1ccc(O)c(O)c1)C2=O. The lowest BCUT2D eigenvalue weighted by Crippen LogP contribution is -2.64. The molecule has 0 aromatic heterocycles. The fourth-order valence-electron chi connectivity index (χ4n) is 5.03. The molecule has 15 heteroatoms. The Morgan fingerprint density at radius 1 is 0.884 bits per heavy atom. The largest absolute Gasteiger partial charge is 0.504 e. The summed E-state index contributed by atoms with van der Waals surface area (Å²) < 4.78 is 33.7. The molecule has 2 fully saturated rings. The van der Waals surface area contributed by atoms with E-state index in [1.54, 1.807) is 0 Å². The van der Waals surface area contributed by atoms with Gasteiger partial charge in [0.2, 0.25) is 17.8 Å². The van der Waals surface area contributed by atoms with E-state index >= 15 is 0 Å². The van der Waals surface area contributed by atoms with Crippen molar-refractivity contribution in [3.63, 3.8) is 0 Å². The van der Waals surface area contributed by atoms with Gasteiger partial charge in [0.1, 0.15) is 42.7 Å². The van der Waals surface area contributed by atoms with Gasteiger partial charge >= 0.3 is 0 Å². The van der Waals surface area contributed by atoms with Crippen molar-refractivity contribution in [3.05, 3.63) is 47.2 Å². The molecule has 2 aromatic carbocycles. The van der Waals surface area contributed by atoms with Gasteiger partial charge in [-0.25, -0.2) is 0 Å². The molecule has 2 saturated heterocycles. The number of phenolic OH excluding ortho intramolecular Hbond substituents is 2. The minimum atomic E-state index is -1.74. The van der Waals surface area contributed by atoms with Crippen LogP contribution in [0.15, 0.2) is 36.1 Å². The maximum absolute atomic E-state index is 13.0. The van der Waals surface area contributed by atoms with Crippen molar-refractivity contribution in [1.82, 2.24) is 0 Å². The molecule has 0 bridgehead atoms. The molecular weight excluding hydrogens is 576 g/mol. The van der Waals surface area contributed by atoms with E-state index in [1.165, 1.54) is 50.4 Å². The van der Waals surface area contributed by atoms with Gasteiger partial charge in [-0.1, -0.05) is 6.07 Å². The van der Waals surface area contributed by atoms with Gasteiger partial charge in [0.25, 0.3) is 0 Å². The van der Waals surface area contributed by atoms with Crippen LogP contribution in [0, 0.1) is 0 Å². The summed E-state index contributed by atoms with van der Waals surface area (Å²) >= 11 is 0. The Hall–Kier alpha value is -3.51. The molecule has 43 heavy (non-hydrogen) atoms. The number of carbonyl (C=O) groups is 1. The van der Waals surface area contributed by atoms with Crippen molar-refractivity contribution in [2.75, 3.05) is 13.7 Å². The molecule has 234 valence electrons. The number of methoxy groups -OCH3 is 1. The predicted molar refractivity (Wildman–Crippen MR) is 141 cm³/mol. The summed E-state index contributed by atoms with van der Waals surface area (Å²) in [7, 11) is 1.30. The summed E-state index contributed by atoms with van der Waals surface area (Å²) in [4.78, 5) is 13.0. The van der Waals surface area contributed by atoms with E-state index < -0.39 is 73.8 Å². The zero-order valence-electron chi connectivity index (χ0n) is 22.9. The molecule has 0 amide bonds. The average molecular weight is 609 g/mol. The van der Waals surface area contributed by atoms with Gasteiger partial charge in [0.15, 0.2) is 35.0 Å². The number of ether oxygens (including phenoxy) is 6. The Morgan fingerprint density at radius 3 is 2.28 bits per heavy atom. The lowest BCUT2D eigenvalue weighted by molar-refractivity contribution is -0.348. The lowest BCUT2D eigenvalue weighted by Gasteiger charge is -2.45. The molecule has 15 nitrogen and oxygen atoms in total. The number of allylic oxidation sites excluding steroid dienone is 1. The Kier molecular flexibility index (Phi) is 8.80. The first-order valence-corrected chi connectivity index (χ1v) is 13.3. The number of phenols is 2. The third-order valence-electron chi connectivity index (χ3n) is 7.42. The molecule has 10 atom stereocenters. The monoisotopic (exact) mass is 608 g/mol. The van der Waals surface area contributed by atoms with Crippen LogP contribution in [0.25, 0.3) is 6.08 Å². The van der Waals surface area contributed by atoms with Crippen LogP contribution in [0.3, 0.4) is 0 Å². The van der Waals surface area contributed by atoms with E-state index in [0.29, 0.717) is 5.56 Å². The average Bonchev–Trinajstić information content (AvgIpc) is 3.30. The summed E-state index contributed by atoms with van der Waals surface area (Å²) in [6, 6.07) is 6.76. The number of benzene rings is 2. The minimum absolute atomic E-state index is 0.00525. The van der Waals surface area contributed by atoms with Gasteiger partial charge in [-0.15, -0.1) is 0 Å². The number of aromatic hydroxyl groups is 2. The van der Waals surface area contributed by atoms with Gasteiger partial charge in [0, 0.05) is 0 Å². The number of aliphatic hydroxyl groups is 6. The van der Waals surface area contributed by atoms with E-state index in [4.69, 9.17) is 28.4 Å². The highest BCUT2D eigenvalue weighted by Crippen LogP contribution is 2.46. The van der Waals surface area contributed by atoms with Crippen LogP contribution in [0.1, 0.15) is 22.8 Å². The Bertz CT molecular complexity index is 1380. The summed E-state index contributed by atoms with van der Waals surface area (Å²) in [5, 5.41) is 80.7. The molecule has 8 N–H and O–H groups in total. The number of carbonyl (C=O) groups excluding carboxylic acids is 1. The molecule has 0 saturated carbocycles. The second kappa shape index (κ2) is 12.2. The molecule has 0 radical (unpaired) electrons. The van der Waals surface area contributed by atoms with E-state index in [2.05, 4.69) is 0 Å². The molecule has 5 rings (SSSR count). The van der Waals surface area contributed by atoms with Crippen molar-refractivity contribution in [1.29, 1.82) is 0 Å². The van der Waals surface area contributed by atoms with Crippen LogP contribution in [0.4, 0.5) is 0 Å². The topological polar surface area (TPSA) is 234 Å². The summed E-state index contributed by atoms with van der Waals surface area (Å²) in [5.74, 6) is -1.29. The van der Waals surface area contributed by atoms with Gasteiger partial charge in [-0.2, -0.15) is 0 Å². The Morgan fingerprint density at radius 2 is 1.60 bits per heavy atom. The normalized spacial score (nSPS) is 35.0. The highest BCUT2D eigenvalue weighted by Gasteiger charge is 2.50. The molecule has 0 aliphatic carbocycles. The predicted octanol–water partition coefficient (Wildman–Crippen LogP) is -1.25. The second-order valence-corrected chi connectivity index (χ2v) is 10.3. The van der Waals surface area contributed by atoms with Crippen LogP contribution < -0.4 is 14.2 Å². The van der Waals surface area contributed by atoms with Crippen LogP contribution >= 0.6 is 0 Å². The smallest absolute Gasteiger partial charge is 0.232 e. The maximum Gasteiger partial charge on any atom is 0.232 e. The van der Waals surface area contributed by atoms with E-state index in [1.807, 2.05) is 0 Å². The summed E-state index contributed by atoms with van der Waals surface area (Å²) in [6.07, 6.45) is -13.6. The summed E-state index contributed by atoms with van der Waals surface area (Å²) in [6.45, 7) is 0.804. The first-order valence-electron chi connectivity index (χ1n) is 13.3. The fraction of sp³-hybridized carbons (Fsp3) is 0.464. The quantitative estimate of drug-likeness (QED) is 0.136. The molecule has 3 heterocycles. The molecule has 0 unspecified atom stereocenters. The first-order chi connectivity index (χ1) is 20.4. The van der Waals surface area contributed by atoms with Crippen molar-refractivity contribution in [2.24, 2.45) is 0 Å². The van der Waals surface area contributed by atoms with Gasteiger partial charge < -0.3 is 69.3 Å². The van der Waals surface area contributed by atoms with Gasteiger partial charge in [0.05, 0.1) is 25.4 Å². The summed E-state index contributed by atoms with van der Waals surface area (Å²) in [5.41, 5.74) is 0.522. The number of fused-ring (bicyclic) bond motifs is 1. The molecule has 0 spiro atoms. The first kappa shape index (κ1) is 30.9. The molecular formula is C28H32O15. The van der Waals surface area contributed by atoms with Crippen molar-refractivity contribution in [3.8, 4) is 28.7 Å². The molecule has 3 aliphatic rings. The van der Waals surface area contributed by atoms with Gasteiger partial charge in [-0.3, -0.25) is 4.79 Å².